The van der Waals surface area contributed by atoms with E-state index >= 15 is 0 Å². The zero-order valence-corrected chi connectivity index (χ0v) is 16.6. The molecule has 3 rings (SSSR count). The quantitative estimate of drug-likeness (QED) is 0.615. The Hall–Kier alpha value is -2.40. The first-order valence-electron chi connectivity index (χ1n) is 9.62. The number of H-pyrrole nitrogens is 1. The van der Waals surface area contributed by atoms with E-state index in [0.717, 1.165) is 19.4 Å². The molecule has 2 heterocycles. The van der Waals surface area contributed by atoms with Crippen LogP contribution in [0.3, 0.4) is 0 Å². The average Bonchev–Trinajstić information content (AvgIpc) is 3.19. The first-order valence-corrected chi connectivity index (χ1v) is 9.62. The third kappa shape index (κ3) is 3.98. The van der Waals surface area contributed by atoms with E-state index < -0.39 is 0 Å². The summed E-state index contributed by atoms with van der Waals surface area (Å²) in [5.74, 6) is -0.354. The lowest BCUT2D eigenvalue weighted by atomic mass is 10.0. The largest absolute Gasteiger partial charge is 0.462 e. The summed E-state index contributed by atoms with van der Waals surface area (Å²) in [5, 5.41) is 0. The molecule has 1 aliphatic rings. The second kappa shape index (κ2) is 8.09. The van der Waals surface area contributed by atoms with E-state index in [4.69, 9.17) is 4.74 Å². The zero-order valence-electron chi connectivity index (χ0n) is 16.6. The van der Waals surface area contributed by atoms with Gasteiger partial charge in [-0.2, -0.15) is 0 Å². The summed E-state index contributed by atoms with van der Waals surface area (Å²) in [6.07, 6.45) is 2.15. The van der Waals surface area contributed by atoms with Gasteiger partial charge in [-0.15, -0.1) is 0 Å². The van der Waals surface area contributed by atoms with Crippen molar-refractivity contribution < 1.29 is 14.3 Å². The number of benzene rings is 1. The molecule has 5 heteroatoms. The van der Waals surface area contributed by atoms with Gasteiger partial charge in [-0.05, 0) is 58.2 Å². The van der Waals surface area contributed by atoms with E-state index in [1.807, 2.05) is 6.92 Å². The fourth-order valence-corrected chi connectivity index (χ4v) is 4.07. The molecule has 0 aliphatic carbocycles. The predicted octanol–water partition coefficient (Wildman–Crippen LogP) is 4.14. The maximum atomic E-state index is 13.0. The molecule has 1 aromatic carbocycles. The molecule has 5 nitrogen and oxygen atoms in total. The number of carbonyl (C=O) groups excluding carboxylic acids is 2. The number of aromatic amines is 1. The molecule has 0 amide bonds. The number of hydrogen-bond donors (Lipinski definition) is 1. The smallest absolute Gasteiger partial charge is 0.340 e. The lowest BCUT2D eigenvalue weighted by molar-refractivity contribution is 0.0525. The molecule has 27 heavy (non-hydrogen) atoms. The van der Waals surface area contributed by atoms with Crippen molar-refractivity contribution in [2.24, 2.45) is 0 Å². The molecule has 1 unspecified atom stereocenters. The van der Waals surface area contributed by atoms with Gasteiger partial charge in [0, 0.05) is 11.7 Å². The van der Waals surface area contributed by atoms with Gasteiger partial charge in [0.1, 0.15) is 0 Å². The minimum Gasteiger partial charge on any atom is -0.462 e. The van der Waals surface area contributed by atoms with Crippen LogP contribution in [-0.4, -0.2) is 41.3 Å². The molecule has 1 fully saturated rings. The topological polar surface area (TPSA) is 62.4 Å². The van der Waals surface area contributed by atoms with Crippen LogP contribution in [0.4, 0.5) is 0 Å². The van der Waals surface area contributed by atoms with E-state index in [1.54, 1.807) is 13.8 Å². The Labute approximate surface area is 160 Å². The van der Waals surface area contributed by atoms with Gasteiger partial charge in [0.05, 0.1) is 24.4 Å². The number of likely N-dealkylation sites (tertiary alicyclic amines) is 1. The summed E-state index contributed by atoms with van der Waals surface area (Å²) in [6.45, 7) is 9.07. The molecule has 1 saturated heterocycles. The monoisotopic (exact) mass is 368 g/mol. The van der Waals surface area contributed by atoms with Gasteiger partial charge in [0.25, 0.3) is 0 Å². The van der Waals surface area contributed by atoms with Crippen LogP contribution in [0, 0.1) is 20.8 Å². The summed E-state index contributed by atoms with van der Waals surface area (Å²) in [5.41, 5.74) is 4.88. The third-order valence-electron chi connectivity index (χ3n) is 5.33. The Kier molecular flexibility index (Phi) is 5.80. The highest BCUT2D eigenvalue weighted by Gasteiger charge is 2.30. The molecule has 0 saturated carbocycles. The van der Waals surface area contributed by atoms with E-state index in [0.29, 0.717) is 35.7 Å². The van der Waals surface area contributed by atoms with Crippen molar-refractivity contribution >= 4 is 11.8 Å². The number of carbonyl (C=O) groups is 2. The average molecular weight is 368 g/mol. The van der Waals surface area contributed by atoms with Gasteiger partial charge in [-0.25, -0.2) is 4.79 Å². The molecular weight excluding hydrogens is 340 g/mol. The van der Waals surface area contributed by atoms with Crippen molar-refractivity contribution in [2.75, 3.05) is 19.7 Å². The van der Waals surface area contributed by atoms with Gasteiger partial charge in [0.15, 0.2) is 5.78 Å². The Morgan fingerprint density at radius 3 is 2.74 bits per heavy atom. The first kappa shape index (κ1) is 19.4. The molecule has 0 spiro atoms. The minimum absolute atomic E-state index is 0.0192. The summed E-state index contributed by atoms with van der Waals surface area (Å²) in [4.78, 5) is 30.5. The Morgan fingerprint density at radius 1 is 1.26 bits per heavy atom. The number of ether oxygens (including phenoxy) is 1. The highest BCUT2D eigenvalue weighted by Crippen LogP contribution is 2.32. The van der Waals surface area contributed by atoms with Crippen LogP contribution in [0.1, 0.15) is 69.0 Å². The molecule has 1 aliphatic heterocycles. The predicted molar refractivity (Wildman–Crippen MR) is 105 cm³/mol. The number of hydrogen-bond acceptors (Lipinski definition) is 4. The molecule has 0 radical (unpaired) electrons. The van der Waals surface area contributed by atoms with Gasteiger partial charge >= 0.3 is 5.97 Å². The third-order valence-corrected chi connectivity index (χ3v) is 5.33. The summed E-state index contributed by atoms with van der Waals surface area (Å²) in [6, 6.07) is 8.79. The molecular formula is C22H28N2O3. The highest BCUT2D eigenvalue weighted by molar-refractivity contribution is 6.02. The lowest BCUT2D eigenvalue weighted by Gasteiger charge is -2.24. The van der Waals surface area contributed by atoms with Crippen LogP contribution in [0.25, 0.3) is 0 Å². The van der Waals surface area contributed by atoms with Crippen LogP contribution in [0.2, 0.25) is 0 Å². The standard InChI is InChI=1S/C22H28N2O3/c1-5-27-22(26)20-15(3)21(23-16(20)4)19(25)13-24-11-7-10-18(24)17-9-6-8-14(2)12-17/h6,8-9,12,18,23H,5,7,10-11,13H2,1-4H3. The summed E-state index contributed by atoms with van der Waals surface area (Å²) < 4.78 is 5.12. The van der Waals surface area contributed by atoms with Crippen LogP contribution < -0.4 is 0 Å². The van der Waals surface area contributed by atoms with E-state index in [9.17, 15) is 9.59 Å². The second-order valence-corrected chi connectivity index (χ2v) is 7.31. The van der Waals surface area contributed by atoms with E-state index in [2.05, 4.69) is 41.1 Å². The molecule has 2 aromatic rings. The second-order valence-electron chi connectivity index (χ2n) is 7.31. The lowest BCUT2D eigenvalue weighted by Crippen LogP contribution is -2.30. The summed E-state index contributed by atoms with van der Waals surface area (Å²) in [7, 11) is 0. The number of esters is 1. The fraction of sp³-hybridized carbons (Fsp3) is 0.455. The summed E-state index contributed by atoms with van der Waals surface area (Å²) >= 11 is 0. The van der Waals surface area contributed by atoms with Crippen molar-refractivity contribution in [3.05, 3.63) is 57.9 Å². The number of aromatic nitrogens is 1. The van der Waals surface area contributed by atoms with Gasteiger partial charge in [-0.3, -0.25) is 9.69 Å². The molecule has 1 N–H and O–H groups in total. The van der Waals surface area contributed by atoms with Gasteiger partial charge in [0.2, 0.25) is 0 Å². The zero-order chi connectivity index (χ0) is 19.6. The number of nitrogens with zero attached hydrogens (tertiary/aromatic N) is 1. The van der Waals surface area contributed by atoms with Crippen molar-refractivity contribution in [3.63, 3.8) is 0 Å². The number of aryl methyl sites for hydroxylation is 2. The van der Waals surface area contributed by atoms with Crippen molar-refractivity contribution in [1.82, 2.24) is 9.88 Å². The number of Topliss-reactive ketones (excluding diaryl/α,β-unsaturated/α-hetero) is 1. The number of nitrogens with one attached hydrogen (secondary N) is 1. The SMILES string of the molecule is CCOC(=O)c1c(C)[nH]c(C(=O)CN2CCCC2c2cccc(C)c2)c1C. The van der Waals surface area contributed by atoms with Gasteiger partial charge < -0.3 is 9.72 Å². The maximum absolute atomic E-state index is 13.0. The van der Waals surface area contributed by atoms with Crippen molar-refractivity contribution in [2.45, 2.75) is 46.6 Å². The Bertz CT molecular complexity index is 853. The first-order chi connectivity index (χ1) is 12.9. The molecule has 144 valence electrons. The normalized spacial score (nSPS) is 17.3. The fourth-order valence-electron chi connectivity index (χ4n) is 4.07. The Morgan fingerprint density at radius 2 is 2.04 bits per heavy atom. The van der Waals surface area contributed by atoms with Gasteiger partial charge in [-0.1, -0.05) is 29.8 Å². The van der Waals surface area contributed by atoms with Crippen LogP contribution in [0.5, 0.6) is 0 Å². The van der Waals surface area contributed by atoms with E-state index in [-0.39, 0.29) is 17.8 Å². The van der Waals surface area contributed by atoms with Crippen molar-refractivity contribution in [1.29, 1.82) is 0 Å². The highest BCUT2D eigenvalue weighted by atomic mass is 16.5. The van der Waals surface area contributed by atoms with Crippen LogP contribution >= 0.6 is 0 Å². The number of rotatable bonds is 6. The molecule has 0 bridgehead atoms. The number of ketones is 1. The van der Waals surface area contributed by atoms with Crippen molar-refractivity contribution in [3.8, 4) is 0 Å². The molecule has 1 atom stereocenters. The van der Waals surface area contributed by atoms with Crippen LogP contribution in [0.15, 0.2) is 24.3 Å². The minimum atomic E-state index is -0.374. The van der Waals surface area contributed by atoms with Crippen LogP contribution in [-0.2, 0) is 4.74 Å². The van der Waals surface area contributed by atoms with E-state index in [1.165, 1.54) is 11.1 Å². The Balaban J connectivity index is 1.79. The maximum Gasteiger partial charge on any atom is 0.340 e. The molecule has 1 aromatic heterocycles.